The van der Waals surface area contributed by atoms with Crippen LogP contribution in [-0.2, 0) is 11.2 Å². The summed E-state index contributed by atoms with van der Waals surface area (Å²) < 4.78 is 5.15. The monoisotopic (exact) mass is 238 g/mol. The lowest BCUT2D eigenvalue weighted by Crippen LogP contribution is -2.23. The van der Waals surface area contributed by atoms with Crippen LogP contribution in [0.2, 0.25) is 5.02 Å². The van der Waals surface area contributed by atoms with Crippen LogP contribution in [0.25, 0.3) is 0 Å². The molecule has 1 aromatic rings. The van der Waals surface area contributed by atoms with Crippen LogP contribution in [0, 0.1) is 11.3 Å². The van der Waals surface area contributed by atoms with E-state index < -0.39 is 5.91 Å². The van der Waals surface area contributed by atoms with Crippen molar-refractivity contribution >= 4 is 17.5 Å². The zero-order valence-electron chi connectivity index (χ0n) is 8.79. The first-order chi connectivity index (χ1) is 7.67. The third-order valence-corrected chi connectivity index (χ3v) is 2.26. The van der Waals surface area contributed by atoms with Crippen LogP contribution in [0.5, 0.6) is 5.75 Å². The minimum Gasteiger partial charge on any atom is -0.496 e. The second-order valence-electron chi connectivity index (χ2n) is 3.07. The number of rotatable bonds is 4. The molecule has 5 heteroatoms. The molecule has 16 heavy (non-hydrogen) atoms. The molecule has 0 aliphatic carbocycles. The van der Waals surface area contributed by atoms with Gasteiger partial charge in [0.2, 0.25) is 0 Å². The van der Waals surface area contributed by atoms with E-state index >= 15 is 0 Å². The smallest absolute Gasteiger partial charge is 0.322 e. The Balaban J connectivity index is 2.62. The summed E-state index contributed by atoms with van der Waals surface area (Å²) >= 11 is 5.85. The average Bonchev–Trinajstić information content (AvgIpc) is 2.29. The van der Waals surface area contributed by atoms with Crippen LogP contribution in [0.1, 0.15) is 5.56 Å². The summed E-state index contributed by atoms with van der Waals surface area (Å²) in [6.45, 7) is 0.378. The van der Waals surface area contributed by atoms with E-state index in [-0.39, 0.29) is 0 Å². The van der Waals surface area contributed by atoms with E-state index in [1.807, 2.05) is 0 Å². The quantitative estimate of drug-likeness (QED) is 0.810. The number of nitrogens with zero attached hydrogens (tertiary/aromatic N) is 1. The first kappa shape index (κ1) is 12.3. The average molecular weight is 239 g/mol. The Morgan fingerprint density at radius 1 is 1.62 bits per heavy atom. The molecule has 0 unspecified atom stereocenters. The summed E-state index contributed by atoms with van der Waals surface area (Å²) in [6.07, 6.45) is 0.567. The summed E-state index contributed by atoms with van der Waals surface area (Å²) in [6, 6.07) is 6.76. The molecule has 0 saturated carbocycles. The van der Waals surface area contributed by atoms with Crippen molar-refractivity contribution in [3.63, 3.8) is 0 Å². The normalized spacial score (nSPS) is 9.31. The number of nitrogens with one attached hydrogen (secondary N) is 1. The molecule has 0 aromatic heterocycles. The van der Waals surface area contributed by atoms with Crippen molar-refractivity contribution in [2.24, 2.45) is 0 Å². The Morgan fingerprint density at radius 2 is 2.38 bits per heavy atom. The molecule has 0 heterocycles. The standard InChI is InChI=1S/C11H11ClN2O2/c1-16-10-3-2-9(12)6-8(10)4-5-14-11(15)7-13/h2-3,6H,4-5H2,1H3,(H,14,15). The third kappa shape index (κ3) is 3.44. The van der Waals surface area contributed by atoms with Gasteiger partial charge in [-0.05, 0) is 30.2 Å². The fourth-order valence-corrected chi connectivity index (χ4v) is 1.49. The van der Waals surface area contributed by atoms with Gasteiger partial charge in [-0.2, -0.15) is 5.26 Å². The zero-order valence-corrected chi connectivity index (χ0v) is 9.54. The van der Waals surface area contributed by atoms with Crippen LogP contribution < -0.4 is 10.1 Å². The van der Waals surface area contributed by atoms with Gasteiger partial charge in [0.05, 0.1) is 7.11 Å². The SMILES string of the molecule is COc1ccc(Cl)cc1CCNC(=O)C#N. The van der Waals surface area contributed by atoms with Gasteiger partial charge in [0.15, 0.2) is 6.07 Å². The second kappa shape index (κ2) is 5.99. The van der Waals surface area contributed by atoms with Crippen LogP contribution in [0.15, 0.2) is 18.2 Å². The molecule has 0 spiro atoms. The highest BCUT2D eigenvalue weighted by atomic mass is 35.5. The number of hydrogen-bond acceptors (Lipinski definition) is 3. The van der Waals surface area contributed by atoms with Crippen LogP contribution in [-0.4, -0.2) is 19.6 Å². The topological polar surface area (TPSA) is 62.1 Å². The minimum atomic E-state index is -0.638. The molecule has 84 valence electrons. The van der Waals surface area contributed by atoms with Crippen molar-refractivity contribution in [1.82, 2.24) is 5.32 Å². The molecule has 0 aliphatic rings. The fraction of sp³-hybridized carbons (Fsp3) is 0.273. The lowest BCUT2D eigenvalue weighted by Gasteiger charge is -2.08. The Bertz CT molecular complexity index is 426. The van der Waals surface area contributed by atoms with Crippen molar-refractivity contribution in [1.29, 1.82) is 5.26 Å². The van der Waals surface area contributed by atoms with E-state index in [4.69, 9.17) is 21.6 Å². The molecular formula is C11H11ClN2O2. The summed E-state index contributed by atoms with van der Waals surface area (Å²) in [7, 11) is 1.57. The summed E-state index contributed by atoms with van der Waals surface area (Å²) in [5.74, 6) is 0.0802. The van der Waals surface area contributed by atoms with Gasteiger partial charge >= 0.3 is 5.91 Å². The zero-order chi connectivity index (χ0) is 12.0. The fourth-order valence-electron chi connectivity index (χ4n) is 1.29. The lowest BCUT2D eigenvalue weighted by molar-refractivity contribution is -0.115. The van der Waals surface area contributed by atoms with E-state index in [9.17, 15) is 4.79 Å². The van der Waals surface area contributed by atoms with E-state index in [2.05, 4.69) is 5.32 Å². The van der Waals surface area contributed by atoms with Gasteiger partial charge in [0, 0.05) is 11.6 Å². The molecule has 4 nitrogen and oxygen atoms in total. The van der Waals surface area contributed by atoms with Gasteiger partial charge in [-0.15, -0.1) is 0 Å². The Kier molecular flexibility index (Phi) is 4.62. The number of nitriles is 1. The van der Waals surface area contributed by atoms with Crippen molar-refractivity contribution < 1.29 is 9.53 Å². The lowest BCUT2D eigenvalue weighted by atomic mass is 10.1. The number of methoxy groups -OCH3 is 1. The summed E-state index contributed by atoms with van der Waals surface area (Å²) in [5, 5.41) is 11.3. The summed E-state index contributed by atoms with van der Waals surface area (Å²) in [4.78, 5) is 10.7. The van der Waals surface area contributed by atoms with Crippen molar-refractivity contribution in [2.75, 3.05) is 13.7 Å². The largest absolute Gasteiger partial charge is 0.496 e. The molecule has 0 fully saturated rings. The molecule has 0 saturated heterocycles. The van der Waals surface area contributed by atoms with Crippen LogP contribution >= 0.6 is 11.6 Å². The van der Waals surface area contributed by atoms with Crippen molar-refractivity contribution in [3.8, 4) is 11.8 Å². The predicted molar refractivity (Wildman–Crippen MR) is 60.3 cm³/mol. The van der Waals surface area contributed by atoms with Gasteiger partial charge in [-0.25, -0.2) is 0 Å². The van der Waals surface area contributed by atoms with E-state index in [1.54, 1.807) is 25.3 Å². The number of carbonyl (C=O) groups excluding carboxylic acids is 1. The van der Waals surface area contributed by atoms with Crippen LogP contribution in [0.3, 0.4) is 0 Å². The molecule has 0 radical (unpaired) electrons. The van der Waals surface area contributed by atoms with E-state index in [1.165, 1.54) is 6.07 Å². The predicted octanol–water partition coefficient (Wildman–Crippen LogP) is 1.53. The second-order valence-corrected chi connectivity index (χ2v) is 3.51. The first-order valence-corrected chi connectivity index (χ1v) is 5.05. The number of benzene rings is 1. The first-order valence-electron chi connectivity index (χ1n) is 4.67. The van der Waals surface area contributed by atoms with Crippen molar-refractivity contribution in [2.45, 2.75) is 6.42 Å². The Morgan fingerprint density at radius 3 is 3.00 bits per heavy atom. The molecule has 1 amide bonds. The van der Waals surface area contributed by atoms with Gasteiger partial charge in [0.1, 0.15) is 5.75 Å². The van der Waals surface area contributed by atoms with Crippen molar-refractivity contribution in [3.05, 3.63) is 28.8 Å². The number of ether oxygens (including phenoxy) is 1. The third-order valence-electron chi connectivity index (χ3n) is 2.02. The number of hydrogen-bond donors (Lipinski definition) is 1. The number of halogens is 1. The molecule has 1 aromatic carbocycles. The maximum atomic E-state index is 10.7. The Hall–Kier alpha value is -1.73. The molecule has 1 rings (SSSR count). The van der Waals surface area contributed by atoms with E-state index in [0.29, 0.717) is 18.0 Å². The maximum Gasteiger partial charge on any atom is 0.322 e. The van der Waals surface area contributed by atoms with Gasteiger partial charge in [-0.3, -0.25) is 4.79 Å². The maximum absolute atomic E-state index is 10.7. The van der Waals surface area contributed by atoms with Crippen LogP contribution in [0.4, 0.5) is 0 Å². The Labute approximate surface area is 98.8 Å². The van der Waals surface area contributed by atoms with Gasteiger partial charge < -0.3 is 10.1 Å². The van der Waals surface area contributed by atoms with Gasteiger partial charge in [0.25, 0.3) is 0 Å². The highest BCUT2D eigenvalue weighted by molar-refractivity contribution is 6.30. The molecule has 0 atom stereocenters. The minimum absolute atomic E-state index is 0.378. The molecule has 1 N–H and O–H groups in total. The highest BCUT2D eigenvalue weighted by Gasteiger charge is 2.04. The van der Waals surface area contributed by atoms with Gasteiger partial charge in [-0.1, -0.05) is 11.6 Å². The number of amides is 1. The van der Waals surface area contributed by atoms with E-state index in [0.717, 1.165) is 11.3 Å². The number of carbonyl (C=O) groups is 1. The summed E-state index contributed by atoms with van der Waals surface area (Å²) in [5.41, 5.74) is 0.897. The molecular weight excluding hydrogens is 228 g/mol. The molecule has 0 aliphatic heterocycles. The highest BCUT2D eigenvalue weighted by Crippen LogP contribution is 2.22. The molecule has 0 bridgehead atoms.